The molecule has 164 valence electrons. The number of alkyl halides is 3. The van der Waals surface area contributed by atoms with Crippen molar-refractivity contribution in [1.82, 2.24) is 25.3 Å². The standard InChI is InChI=1S/C18H15ClF4N6O2/c19-8-1-10-11(4-25-14(10)24-3-8)15-26-5-12(20)16(28-15)29-6-9(30)2-13(29)17(31)27-7-18(21,22)23/h1,3-5,9,13,30H,2,6-7H2,(H,24,25)(H,27,31). The van der Waals surface area contributed by atoms with Gasteiger partial charge in [0, 0.05) is 36.3 Å². The van der Waals surface area contributed by atoms with Gasteiger partial charge in [0.2, 0.25) is 5.91 Å². The predicted molar refractivity (Wildman–Crippen MR) is 103 cm³/mol. The number of pyridine rings is 1. The van der Waals surface area contributed by atoms with Crippen LogP contribution in [0.3, 0.4) is 0 Å². The zero-order valence-corrected chi connectivity index (χ0v) is 16.4. The maximum atomic E-state index is 14.6. The summed E-state index contributed by atoms with van der Waals surface area (Å²) in [4.78, 5) is 28.6. The number of halogens is 5. The number of H-pyrrole nitrogens is 1. The first kappa shape index (κ1) is 21.2. The molecular weight excluding hydrogens is 444 g/mol. The van der Waals surface area contributed by atoms with Gasteiger partial charge in [0.1, 0.15) is 18.2 Å². The molecule has 0 bridgehead atoms. The van der Waals surface area contributed by atoms with Crippen LogP contribution in [-0.4, -0.2) is 62.4 Å². The highest BCUT2D eigenvalue weighted by molar-refractivity contribution is 6.31. The molecule has 2 atom stereocenters. The van der Waals surface area contributed by atoms with Gasteiger partial charge in [-0.3, -0.25) is 4.79 Å². The molecule has 3 aromatic heterocycles. The van der Waals surface area contributed by atoms with Crippen LogP contribution in [0, 0.1) is 5.82 Å². The smallest absolute Gasteiger partial charge is 0.391 e. The fourth-order valence-electron chi connectivity index (χ4n) is 3.45. The molecule has 3 aromatic rings. The monoisotopic (exact) mass is 458 g/mol. The number of fused-ring (bicyclic) bond motifs is 1. The van der Waals surface area contributed by atoms with E-state index >= 15 is 0 Å². The third-order valence-electron chi connectivity index (χ3n) is 4.78. The molecule has 4 rings (SSSR count). The van der Waals surface area contributed by atoms with Crippen LogP contribution in [0.15, 0.2) is 24.7 Å². The number of aliphatic hydroxyl groups excluding tert-OH is 1. The van der Waals surface area contributed by atoms with Gasteiger partial charge >= 0.3 is 6.18 Å². The molecule has 8 nitrogen and oxygen atoms in total. The second kappa shape index (κ2) is 7.93. The van der Waals surface area contributed by atoms with E-state index in [1.165, 1.54) is 6.20 Å². The third-order valence-corrected chi connectivity index (χ3v) is 4.99. The highest BCUT2D eigenvalue weighted by Crippen LogP contribution is 2.31. The highest BCUT2D eigenvalue weighted by atomic mass is 35.5. The summed E-state index contributed by atoms with van der Waals surface area (Å²) in [5.74, 6) is -2.10. The van der Waals surface area contributed by atoms with E-state index < -0.39 is 36.6 Å². The summed E-state index contributed by atoms with van der Waals surface area (Å²) in [5, 5.41) is 12.7. The van der Waals surface area contributed by atoms with Gasteiger partial charge in [0.05, 0.1) is 17.3 Å². The Kier molecular flexibility index (Phi) is 5.43. The van der Waals surface area contributed by atoms with E-state index in [1.54, 1.807) is 17.6 Å². The van der Waals surface area contributed by atoms with Crippen LogP contribution >= 0.6 is 11.6 Å². The van der Waals surface area contributed by atoms with E-state index in [4.69, 9.17) is 11.6 Å². The molecule has 1 amide bonds. The number of anilines is 1. The molecule has 4 heterocycles. The van der Waals surface area contributed by atoms with Crippen molar-refractivity contribution in [1.29, 1.82) is 0 Å². The quantitative estimate of drug-likeness (QED) is 0.518. The fourth-order valence-corrected chi connectivity index (χ4v) is 3.61. The van der Waals surface area contributed by atoms with E-state index in [0.717, 1.165) is 11.1 Å². The fraction of sp³-hybridized carbons (Fsp3) is 0.333. The molecule has 2 unspecified atom stereocenters. The van der Waals surface area contributed by atoms with Crippen molar-refractivity contribution >= 4 is 34.4 Å². The van der Waals surface area contributed by atoms with Gasteiger partial charge in [-0.05, 0) is 6.07 Å². The number of carbonyl (C=O) groups is 1. The largest absolute Gasteiger partial charge is 0.405 e. The van der Waals surface area contributed by atoms with E-state index in [1.807, 2.05) is 0 Å². The Morgan fingerprint density at radius 1 is 1.35 bits per heavy atom. The summed E-state index contributed by atoms with van der Waals surface area (Å²) in [6, 6.07) is 0.392. The maximum Gasteiger partial charge on any atom is 0.405 e. The number of nitrogens with one attached hydrogen (secondary N) is 2. The minimum absolute atomic E-state index is 0.0857. The summed E-state index contributed by atoms with van der Waals surface area (Å²) in [7, 11) is 0. The summed E-state index contributed by atoms with van der Waals surface area (Å²) in [6.07, 6.45) is -1.93. The Morgan fingerprint density at radius 3 is 2.87 bits per heavy atom. The van der Waals surface area contributed by atoms with E-state index in [-0.39, 0.29) is 24.6 Å². The van der Waals surface area contributed by atoms with Gasteiger partial charge in [-0.25, -0.2) is 19.3 Å². The Labute approximate surface area is 177 Å². The van der Waals surface area contributed by atoms with Crippen LogP contribution in [0.25, 0.3) is 22.4 Å². The number of aromatic amines is 1. The first-order valence-electron chi connectivity index (χ1n) is 9.07. The number of hydrogen-bond donors (Lipinski definition) is 3. The lowest BCUT2D eigenvalue weighted by molar-refractivity contribution is -0.139. The average Bonchev–Trinajstić information content (AvgIpc) is 3.29. The van der Waals surface area contributed by atoms with Crippen LogP contribution < -0.4 is 10.2 Å². The van der Waals surface area contributed by atoms with Crippen molar-refractivity contribution in [2.45, 2.75) is 24.7 Å². The average molecular weight is 459 g/mol. The molecule has 0 radical (unpaired) electrons. The van der Waals surface area contributed by atoms with Gasteiger partial charge in [0.15, 0.2) is 17.5 Å². The van der Waals surface area contributed by atoms with Crippen molar-refractivity contribution in [2.24, 2.45) is 0 Å². The van der Waals surface area contributed by atoms with Crippen molar-refractivity contribution in [3.05, 3.63) is 35.5 Å². The van der Waals surface area contributed by atoms with Gasteiger partial charge in [-0.15, -0.1) is 0 Å². The topological polar surface area (TPSA) is 107 Å². The predicted octanol–water partition coefficient (Wildman–Crippen LogP) is 2.43. The van der Waals surface area contributed by atoms with Crippen molar-refractivity contribution < 1.29 is 27.5 Å². The Bertz CT molecular complexity index is 1140. The van der Waals surface area contributed by atoms with Crippen molar-refractivity contribution in [3.8, 4) is 11.4 Å². The number of carbonyl (C=O) groups excluding carboxylic acids is 1. The van der Waals surface area contributed by atoms with Crippen LogP contribution in [0.4, 0.5) is 23.4 Å². The molecule has 0 aromatic carbocycles. The molecule has 1 fully saturated rings. The molecule has 3 N–H and O–H groups in total. The molecule has 1 aliphatic rings. The lowest BCUT2D eigenvalue weighted by atomic mass is 10.2. The number of amides is 1. The Hall–Kier alpha value is -2.99. The van der Waals surface area contributed by atoms with Crippen LogP contribution in [0.2, 0.25) is 5.02 Å². The zero-order chi connectivity index (χ0) is 22.3. The molecule has 0 aliphatic carbocycles. The number of aromatic nitrogens is 4. The molecule has 0 saturated carbocycles. The van der Waals surface area contributed by atoms with Crippen LogP contribution in [-0.2, 0) is 4.79 Å². The van der Waals surface area contributed by atoms with Gasteiger partial charge in [-0.1, -0.05) is 11.6 Å². The van der Waals surface area contributed by atoms with Crippen LogP contribution in [0.5, 0.6) is 0 Å². The second-order valence-electron chi connectivity index (χ2n) is 7.01. The first-order chi connectivity index (χ1) is 14.6. The Balaban J connectivity index is 1.68. The third kappa shape index (κ3) is 4.39. The van der Waals surface area contributed by atoms with Gasteiger partial charge < -0.3 is 20.3 Å². The zero-order valence-electron chi connectivity index (χ0n) is 15.6. The van der Waals surface area contributed by atoms with Crippen LogP contribution in [0.1, 0.15) is 6.42 Å². The number of β-amino-alcohol motifs (C(OH)–C–C–N with tert-alkyl or cyclic N) is 1. The number of nitrogens with zero attached hydrogens (tertiary/aromatic N) is 4. The maximum absolute atomic E-state index is 14.6. The first-order valence-corrected chi connectivity index (χ1v) is 9.45. The molecule has 1 saturated heterocycles. The highest BCUT2D eigenvalue weighted by Gasteiger charge is 2.39. The normalized spacial score (nSPS) is 19.2. The molecule has 1 aliphatic heterocycles. The molecule has 0 spiro atoms. The van der Waals surface area contributed by atoms with Crippen molar-refractivity contribution in [2.75, 3.05) is 18.0 Å². The summed E-state index contributed by atoms with van der Waals surface area (Å²) in [5.41, 5.74) is 0.957. The van der Waals surface area contributed by atoms with Crippen molar-refractivity contribution in [3.63, 3.8) is 0 Å². The minimum Gasteiger partial charge on any atom is -0.391 e. The lowest BCUT2D eigenvalue weighted by Crippen LogP contribution is -2.46. The number of rotatable bonds is 4. The number of aliphatic hydroxyl groups is 1. The van der Waals surface area contributed by atoms with E-state index in [9.17, 15) is 27.5 Å². The summed E-state index contributed by atoms with van der Waals surface area (Å²) >= 11 is 5.99. The summed E-state index contributed by atoms with van der Waals surface area (Å²) < 4.78 is 51.9. The Morgan fingerprint density at radius 2 is 2.13 bits per heavy atom. The molecular formula is C18H15ClF4N6O2. The SMILES string of the molecule is O=C(NCC(F)(F)F)C1CC(O)CN1c1nc(-c2c[nH]c3ncc(Cl)cc23)ncc1F. The van der Waals surface area contributed by atoms with Gasteiger partial charge in [0.25, 0.3) is 0 Å². The molecule has 31 heavy (non-hydrogen) atoms. The summed E-state index contributed by atoms with van der Waals surface area (Å²) in [6.45, 7) is -1.72. The number of hydrogen-bond acceptors (Lipinski definition) is 6. The second-order valence-corrected chi connectivity index (χ2v) is 7.44. The lowest BCUT2D eigenvalue weighted by Gasteiger charge is -2.25. The van der Waals surface area contributed by atoms with E-state index in [2.05, 4.69) is 19.9 Å². The van der Waals surface area contributed by atoms with E-state index in [0.29, 0.717) is 21.6 Å². The molecule has 13 heteroatoms. The van der Waals surface area contributed by atoms with Gasteiger partial charge in [-0.2, -0.15) is 13.2 Å². The minimum atomic E-state index is -4.60.